The molecule has 84 heavy (non-hydrogen) atoms. The topological polar surface area (TPSA) is 70.2 Å². The lowest BCUT2D eigenvalue weighted by Gasteiger charge is -2.25. The second-order valence-corrected chi connectivity index (χ2v) is 21.9. The molecule has 0 atom stereocenters. The van der Waals surface area contributed by atoms with Crippen molar-refractivity contribution in [3.63, 3.8) is 0 Å². The fourth-order valence-corrected chi connectivity index (χ4v) is 12.2. The molecule has 0 aliphatic carbocycles. The molecule has 4 aliphatic heterocycles. The molecule has 0 radical (unpaired) electrons. The van der Waals surface area contributed by atoms with E-state index in [0.717, 1.165) is 91.2 Å². The SMILES string of the molecule is Cc1cc2c(cc1C)N(c1cccc(Oc3cccc(N4CN(c5ccc(N6CN(c7cccc(Oc8cccc(N9CN(c%10ccncc%10)c%10cc(C)c(C)cc%109)c8)c7)c7ccccc76)cc5)c5ccccc54)c3)c1)CN2c1ccncc1. The zero-order valence-corrected chi connectivity index (χ0v) is 47.2. The minimum atomic E-state index is 0.637. The molecular weight excluding hydrogens is 1040 g/mol. The molecule has 12 heteroatoms. The molecule has 0 saturated heterocycles. The summed E-state index contributed by atoms with van der Waals surface area (Å²) in [7, 11) is 0. The van der Waals surface area contributed by atoms with Gasteiger partial charge in [-0.25, -0.2) is 0 Å². The predicted octanol–water partition coefficient (Wildman–Crippen LogP) is 18.3. The summed E-state index contributed by atoms with van der Waals surface area (Å²) in [6.45, 7) is 11.3. The van der Waals surface area contributed by atoms with Crippen LogP contribution in [0.4, 0.5) is 91.0 Å². The summed E-state index contributed by atoms with van der Waals surface area (Å²) in [6.07, 6.45) is 7.41. The Kier molecular flexibility index (Phi) is 12.4. The number of benzene rings is 9. The summed E-state index contributed by atoms with van der Waals surface area (Å²) in [5.74, 6) is 3.08. The first kappa shape index (κ1) is 50.3. The van der Waals surface area contributed by atoms with Gasteiger partial charge in [0, 0.05) is 94.6 Å². The molecule has 0 fully saturated rings. The number of para-hydroxylation sites is 4. The van der Waals surface area contributed by atoms with Crippen molar-refractivity contribution in [1.82, 2.24) is 9.97 Å². The Hall–Kier alpha value is -10.7. The Morgan fingerprint density at radius 2 is 0.476 bits per heavy atom. The highest BCUT2D eigenvalue weighted by molar-refractivity contribution is 5.92. The molecular formula is C72H60N10O2. The average Bonchev–Trinajstić information content (AvgIpc) is 3.20. The van der Waals surface area contributed by atoms with E-state index in [1.165, 1.54) is 45.0 Å². The van der Waals surface area contributed by atoms with Crippen LogP contribution >= 0.6 is 0 Å². The van der Waals surface area contributed by atoms with Gasteiger partial charge in [-0.2, -0.15) is 0 Å². The number of aromatic nitrogens is 2. The fraction of sp³-hybridized carbons (Fsp3) is 0.111. The Bertz CT molecular complexity index is 4020. The molecule has 15 rings (SSSR count). The maximum atomic E-state index is 6.71. The van der Waals surface area contributed by atoms with Crippen LogP contribution in [0.15, 0.2) is 243 Å². The quantitative estimate of drug-likeness (QED) is 0.117. The highest BCUT2D eigenvalue weighted by atomic mass is 16.5. The molecule has 0 amide bonds. The molecule has 410 valence electrons. The van der Waals surface area contributed by atoms with Crippen molar-refractivity contribution in [3.8, 4) is 23.0 Å². The van der Waals surface area contributed by atoms with Crippen molar-refractivity contribution in [3.05, 3.63) is 265 Å². The molecule has 0 bridgehead atoms. The number of fused-ring (bicyclic) bond motifs is 4. The number of hydrogen-bond acceptors (Lipinski definition) is 12. The average molecular weight is 1100 g/mol. The van der Waals surface area contributed by atoms with E-state index in [0.29, 0.717) is 26.7 Å². The highest BCUT2D eigenvalue weighted by Crippen LogP contribution is 2.51. The van der Waals surface area contributed by atoms with Crippen molar-refractivity contribution in [2.75, 3.05) is 65.9 Å². The van der Waals surface area contributed by atoms with E-state index in [9.17, 15) is 0 Å². The van der Waals surface area contributed by atoms with Crippen LogP contribution in [-0.2, 0) is 0 Å². The van der Waals surface area contributed by atoms with Crippen molar-refractivity contribution >= 4 is 91.0 Å². The Morgan fingerprint density at radius 3 is 0.762 bits per heavy atom. The van der Waals surface area contributed by atoms with Crippen LogP contribution < -0.4 is 48.7 Å². The van der Waals surface area contributed by atoms with E-state index >= 15 is 0 Å². The third-order valence-electron chi connectivity index (χ3n) is 16.8. The molecule has 0 unspecified atom stereocenters. The van der Waals surface area contributed by atoms with Gasteiger partial charge in [-0.3, -0.25) is 9.97 Å². The van der Waals surface area contributed by atoms with E-state index in [-0.39, 0.29) is 0 Å². The van der Waals surface area contributed by atoms with E-state index in [1.807, 2.05) is 49.1 Å². The zero-order valence-electron chi connectivity index (χ0n) is 47.2. The fourth-order valence-electron chi connectivity index (χ4n) is 12.2. The van der Waals surface area contributed by atoms with Gasteiger partial charge in [-0.05, 0) is 196 Å². The Balaban J connectivity index is 0.643. The third kappa shape index (κ3) is 9.05. The van der Waals surface area contributed by atoms with Crippen LogP contribution in [0.3, 0.4) is 0 Å². The van der Waals surface area contributed by atoms with Crippen LogP contribution in [0.5, 0.6) is 23.0 Å². The standard InChI is InChI=1S/C72H60N10O2/c1-49-37-69-71(39-51(49)3)81(47-77(69)55-29-33-73-34-30-55)59-15-11-19-63(43-59)83-61-17-9-13-57(41-61)79-45-75(65-21-5-7-23-67(65)79)53-25-27-54(28-26-53)76-46-80(68-24-8-6-22-66(68)76)58-14-10-18-62(42-58)84-64-20-12-16-60(44-64)82-48-78(56-31-35-74-36-32-56)70-38-50(2)52(4)40-72(70)82/h5-44H,45-48H2,1-4H3. The van der Waals surface area contributed by atoms with Crippen molar-refractivity contribution in [2.24, 2.45) is 0 Å². The van der Waals surface area contributed by atoms with Gasteiger partial charge in [0.15, 0.2) is 0 Å². The van der Waals surface area contributed by atoms with Gasteiger partial charge in [-0.15, -0.1) is 0 Å². The first-order valence-electron chi connectivity index (χ1n) is 28.5. The first-order valence-corrected chi connectivity index (χ1v) is 28.5. The van der Waals surface area contributed by atoms with E-state index in [4.69, 9.17) is 9.47 Å². The molecule has 0 saturated carbocycles. The number of rotatable bonds is 12. The van der Waals surface area contributed by atoms with Crippen molar-refractivity contribution in [2.45, 2.75) is 27.7 Å². The molecule has 12 nitrogen and oxygen atoms in total. The third-order valence-corrected chi connectivity index (χ3v) is 16.8. The van der Waals surface area contributed by atoms with Gasteiger partial charge >= 0.3 is 0 Å². The van der Waals surface area contributed by atoms with E-state index in [2.05, 4.69) is 271 Å². The van der Waals surface area contributed by atoms with Gasteiger partial charge in [0.2, 0.25) is 0 Å². The Labute approximate surface area is 490 Å². The molecule has 9 aromatic carbocycles. The number of ether oxygens (including phenoxy) is 2. The van der Waals surface area contributed by atoms with Crippen molar-refractivity contribution in [1.29, 1.82) is 0 Å². The van der Waals surface area contributed by atoms with Crippen LogP contribution in [0.2, 0.25) is 0 Å². The van der Waals surface area contributed by atoms with E-state index in [1.54, 1.807) is 0 Å². The first-order chi connectivity index (χ1) is 41.2. The molecule has 0 spiro atoms. The summed E-state index contributed by atoms with van der Waals surface area (Å²) in [5, 5.41) is 0. The van der Waals surface area contributed by atoms with Gasteiger partial charge < -0.3 is 48.7 Å². The highest BCUT2D eigenvalue weighted by Gasteiger charge is 2.33. The molecule has 4 aliphatic rings. The van der Waals surface area contributed by atoms with Gasteiger partial charge in [-0.1, -0.05) is 48.5 Å². The number of anilines is 16. The number of hydrogen-bond donors (Lipinski definition) is 0. The normalized spacial score (nSPS) is 14.0. The van der Waals surface area contributed by atoms with Crippen LogP contribution in [0.25, 0.3) is 0 Å². The second kappa shape index (κ2) is 20.7. The summed E-state index contributed by atoms with van der Waals surface area (Å²) >= 11 is 0. The van der Waals surface area contributed by atoms with Crippen LogP contribution in [0.1, 0.15) is 22.3 Å². The van der Waals surface area contributed by atoms with Gasteiger partial charge in [0.05, 0.1) is 45.5 Å². The van der Waals surface area contributed by atoms with E-state index < -0.39 is 0 Å². The lowest BCUT2D eigenvalue weighted by Crippen LogP contribution is -2.25. The number of nitrogens with zero attached hydrogens (tertiary/aromatic N) is 10. The molecule has 6 heterocycles. The van der Waals surface area contributed by atoms with Crippen LogP contribution in [-0.4, -0.2) is 36.6 Å². The summed E-state index contributed by atoms with van der Waals surface area (Å²) in [5.41, 5.74) is 22.9. The second-order valence-electron chi connectivity index (χ2n) is 21.9. The maximum Gasteiger partial charge on any atom is 0.129 e. The Morgan fingerprint density at radius 1 is 0.238 bits per heavy atom. The zero-order chi connectivity index (χ0) is 56.4. The number of aryl methyl sites for hydroxylation is 4. The molecule has 2 aromatic heterocycles. The summed E-state index contributed by atoms with van der Waals surface area (Å²) in [4.78, 5) is 27.5. The van der Waals surface area contributed by atoms with Crippen LogP contribution in [0, 0.1) is 27.7 Å². The lowest BCUT2D eigenvalue weighted by molar-refractivity contribution is 0.482. The summed E-state index contributed by atoms with van der Waals surface area (Å²) < 4.78 is 13.4. The monoisotopic (exact) mass is 1100 g/mol. The minimum absolute atomic E-state index is 0.637. The lowest BCUT2D eigenvalue weighted by atomic mass is 10.1. The minimum Gasteiger partial charge on any atom is -0.457 e. The molecule has 11 aromatic rings. The number of pyridine rings is 2. The smallest absolute Gasteiger partial charge is 0.129 e. The van der Waals surface area contributed by atoms with Gasteiger partial charge in [0.25, 0.3) is 0 Å². The van der Waals surface area contributed by atoms with Crippen molar-refractivity contribution < 1.29 is 9.47 Å². The predicted molar refractivity (Wildman–Crippen MR) is 342 cm³/mol. The summed E-state index contributed by atoms with van der Waals surface area (Å²) in [6, 6.07) is 77.3. The maximum absolute atomic E-state index is 6.71. The largest absolute Gasteiger partial charge is 0.457 e. The molecule has 0 N–H and O–H groups in total. The van der Waals surface area contributed by atoms with Gasteiger partial charge in [0.1, 0.15) is 49.7 Å².